The maximum Gasteiger partial charge on any atom is 0.251 e. The molecule has 4 nitrogen and oxygen atoms in total. The van der Waals surface area contributed by atoms with Crippen LogP contribution in [-0.2, 0) is 13.0 Å². The molecule has 2 N–H and O–H groups in total. The van der Waals surface area contributed by atoms with Crippen LogP contribution in [0.25, 0.3) is 10.9 Å². The van der Waals surface area contributed by atoms with Crippen LogP contribution in [0.15, 0.2) is 17.1 Å². The van der Waals surface area contributed by atoms with Crippen molar-refractivity contribution in [2.75, 3.05) is 0 Å². The molecule has 0 atom stereocenters. The fourth-order valence-corrected chi connectivity index (χ4v) is 1.60. The fourth-order valence-electron chi connectivity index (χ4n) is 1.60. The molecule has 0 radical (unpaired) electrons. The van der Waals surface area contributed by atoms with Gasteiger partial charge in [0.05, 0.1) is 12.1 Å². The third-order valence-corrected chi connectivity index (χ3v) is 2.51. The SMILES string of the molecule is CCc1cc2cnc(CO)c(F)c2[nH]c1=O. The van der Waals surface area contributed by atoms with Crippen LogP contribution in [0.4, 0.5) is 4.39 Å². The highest BCUT2D eigenvalue weighted by Crippen LogP contribution is 2.16. The van der Waals surface area contributed by atoms with Crippen LogP contribution in [0.2, 0.25) is 0 Å². The highest BCUT2D eigenvalue weighted by Gasteiger charge is 2.10. The molecule has 2 heterocycles. The molecule has 2 rings (SSSR count). The van der Waals surface area contributed by atoms with Gasteiger partial charge in [0.1, 0.15) is 5.69 Å². The highest BCUT2D eigenvalue weighted by atomic mass is 19.1. The summed E-state index contributed by atoms with van der Waals surface area (Å²) in [4.78, 5) is 17.8. The van der Waals surface area contributed by atoms with E-state index in [0.29, 0.717) is 17.4 Å². The van der Waals surface area contributed by atoms with Crippen molar-refractivity contribution >= 4 is 10.9 Å². The maximum absolute atomic E-state index is 13.7. The predicted octanol–water partition coefficient (Wildman–Crippen LogP) is 1.12. The van der Waals surface area contributed by atoms with Crippen LogP contribution in [0.3, 0.4) is 0 Å². The van der Waals surface area contributed by atoms with Crippen molar-refractivity contribution in [3.05, 3.63) is 39.7 Å². The van der Waals surface area contributed by atoms with E-state index in [0.717, 1.165) is 0 Å². The molecule has 0 aliphatic carbocycles. The normalized spacial score (nSPS) is 10.9. The number of aromatic nitrogens is 2. The van der Waals surface area contributed by atoms with E-state index in [4.69, 9.17) is 5.11 Å². The Morgan fingerprint density at radius 2 is 2.31 bits per heavy atom. The van der Waals surface area contributed by atoms with E-state index in [1.807, 2.05) is 6.92 Å². The Morgan fingerprint density at radius 3 is 2.94 bits per heavy atom. The van der Waals surface area contributed by atoms with Crippen LogP contribution in [0.5, 0.6) is 0 Å². The standard InChI is InChI=1S/C11H11FN2O2/c1-2-6-3-7-4-13-8(5-15)9(12)10(7)14-11(6)16/h3-4,15H,2,5H2,1H3,(H,14,16). The smallest absolute Gasteiger partial charge is 0.251 e. The predicted molar refractivity (Wildman–Crippen MR) is 57.6 cm³/mol. The average Bonchev–Trinajstić information content (AvgIpc) is 2.30. The van der Waals surface area contributed by atoms with Gasteiger partial charge in [-0.15, -0.1) is 0 Å². The van der Waals surface area contributed by atoms with Gasteiger partial charge in [0.25, 0.3) is 5.56 Å². The molecule has 0 saturated carbocycles. The first-order valence-electron chi connectivity index (χ1n) is 4.97. The number of hydrogen-bond acceptors (Lipinski definition) is 3. The second kappa shape index (κ2) is 4.02. The van der Waals surface area contributed by atoms with E-state index in [-0.39, 0.29) is 16.8 Å². The fraction of sp³-hybridized carbons (Fsp3) is 0.273. The number of nitrogens with zero attached hydrogens (tertiary/aromatic N) is 1. The van der Waals surface area contributed by atoms with E-state index in [1.165, 1.54) is 6.20 Å². The van der Waals surface area contributed by atoms with Crippen molar-refractivity contribution in [2.45, 2.75) is 20.0 Å². The van der Waals surface area contributed by atoms with Gasteiger partial charge in [-0.05, 0) is 12.5 Å². The summed E-state index contributed by atoms with van der Waals surface area (Å²) < 4.78 is 13.7. The Bertz CT molecular complexity index is 592. The summed E-state index contributed by atoms with van der Waals surface area (Å²) in [7, 11) is 0. The van der Waals surface area contributed by atoms with Gasteiger partial charge in [0.2, 0.25) is 0 Å². The average molecular weight is 222 g/mol. The molecule has 84 valence electrons. The zero-order valence-corrected chi connectivity index (χ0v) is 8.75. The van der Waals surface area contributed by atoms with Crippen LogP contribution >= 0.6 is 0 Å². The number of halogens is 1. The van der Waals surface area contributed by atoms with Crippen molar-refractivity contribution in [3.8, 4) is 0 Å². The minimum atomic E-state index is -0.667. The minimum Gasteiger partial charge on any atom is -0.390 e. The van der Waals surface area contributed by atoms with E-state index in [2.05, 4.69) is 9.97 Å². The van der Waals surface area contributed by atoms with Gasteiger partial charge >= 0.3 is 0 Å². The first kappa shape index (κ1) is 10.8. The van der Waals surface area contributed by atoms with E-state index in [1.54, 1.807) is 6.07 Å². The number of nitrogens with one attached hydrogen (secondary N) is 1. The summed E-state index contributed by atoms with van der Waals surface area (Å²) in [6, 6.07) is 1.62. The quantitative estimate of drug-likeness (QED) is 0.800. The van der Waals surface area contributed by atoms with E-state index in [9.17, 15) is 9.18 Å². The van der Waals surface area contributed by atoms with Crippen molar-refractivity contribution in [1.82, 2.24) is 9.97 Å². The third kappa shape index (κ3) is 1.59. The first-order chi connectivity index (χ1) is 7.67. The first-order valence-corrected chi connectivity index (χ1v) is 4.97. The summed E-state index contributed by atoms with van der Waals surface area (Å²) in [5.41, 5.74) is 0.322. The molecular formula is C11H11FN2O2. The minimum absolute atomic E-state index is 0.0626. The molecule has 16 heavy (non-hydrogen) atoms. The molecule has 0 saturated heterocycles. The van der Waals surface area contributed by atoms with Gasteiger partial charge in [-0.1, -0.05) is 6.92 Å². The number of fused-ring (bicyclic) bond motifs is 1. The zero-order valence-electron chi connectivity index (χ0n) is 8.75. The molecule has 0 aliphatic rings. The summed E-state index contributed by atoms with van der Waals surface area (Å²) in [6.45, 7) is 1.36. The number of H-pyrrole nitrogens is 1. The van der Waals surface area contributed by atoms with Gasteiger partial charge in [0, 0.05) is 17.1 Å². The molecule has 0 bridgehead atoms. The number of aliphatic hydroxyl groups is 1. The molecule has 0 spiro atoms. The molecule has 0 aromatic carbocycles. The third-order valence-electron chi connectivity index (χ3n) is 2.51. The van der Waals surface area contributed by atoms with Crippen LogP contribution in [0.1, 0.15) is 18.2 Å². The second-order valence-electron chi connectivity index (χ2n) is 3.48. The number of aryl methyl sites for hydroxylation is 1. The molecule has 0 unspecified atom stereocenters. The molecule has 2 aromatic heterocycles. The summed E-state index contributed by atoms with van der Waals surface area (Å²) in [6.07, 6.45) is 2.02. The Morgan fingerprint density at radius 1 is 1.56 bits per heavy atom. The monoisotopic (exact) mass is 222 g/mol. The molecule has 0 amide bonds. The van der Waals surface area contributed by atoms with Crippen molar-refractivity contribution in [1.29, 1.82) is 0 Å². The van der Waals surface area contributed by atoms with Gasteiger partial charge in [-0.2, -0.15) is 0 Å². The highest BCUT2D eigenvalue weighted by molar-refractivity contribution is 5.79. The molecule has 0 fully saturated rings. The Hall–Kier alpha value is -1.75. The zero-order chi connectivity index (χ0) is 11.7. The van der Waals surface area contributed by atoms with Gasteiger partial charge in [0.15, 0.2) is 5.82 Å². The van der Waals surface area contributed by atoms with Crippen LogP contribution in [0, 0.1) is 5.82 Å². The lowest BCUT2D eigenvalue weighted by molar-refractivity contribution is 0.270. The van der Waals surface area contributed by atoms with E-state index < -0.39 is 12.4 Å². The number of aromatic amines is 1. The van der Waals surface area contributed by atoms with Crippen LogP contribution in [-0.4, -0.2) is 15.1 Å². The Kier molecular flexibility index (Phi) is 2.70. The number of aliphatic hydroxyl groups excluding tert-OH is 1. The number of pyridine rings is 2. The molecule has 5 heteroatoms. The Balaban J connectivity index is 2.81. The second-order valence-corrected chi connectivity index (χ2v) is 3.48. The van der Waals surface area contributed by atoms with Crippen molar-refractivity contribution < 1.29 is 9.50 Å². The summed E-state index contributed by atoms with van der Waals surface area (Å²) in [5.74, 6) is -0.667. The Labute approximate surface area is 90.8 Å². The summed E-state index contributed by atoms with van der Waals surface area (Å²) in [5, 5.41) is 9.39. The van der Waals surface area contributed by atoms with Gasteiger partial charge in [-0.3, -0.25) is 9.78 Å². The van der Waals surface area contributed by atoms with Gasteiger partial charge in [-0.25, -0.2) is 4.39 Å². The lowest BCUT2D eigenvalue weighted by atomic mass is 10.1. The lowest BCUT2D eigenvalue weighted by Crippen LogP contribution is -2.13. The summed E-state index contributed by atoms with van der Waals surface area (Å²) >= 11 is 0. The van der Waals surface area contributed by atoms with E-state index >= 15 is 0 Å². The number of rotatable bonds is 2. The lowest BCUT2D eigenvalue weighted by Gasteiger charge is -2.04. The van der Waals surface area contributed by atoms with Crippen molar-refractivity contribution in [2.24, 2.45) is 0 Å². The molecule has 2 aromatic rings. The topological polar surface area (TPSA) is 66.0 Å². The largest absolute Gasteiger partial charge is 0.390 e. The van der Waals surface area contributed by atoms with Crippen molar-refractivity contribution in [3.63, 3.8) is 0 Å². The molecule has 0 aliphatic heterocycles. The van der Waals surface area contributed by atoms with Crippen LogP contribution < -0.4 is 5.56 Å². The molecular weight excluding hydrogens is 211 g/mol. The number of hydrogen-bond donors (Lipinski definition) is 2. The van der Waals surface area contributed by atoms with Gasteiger partial charge < -0.3 is 10.1 Å². The maximum atomic E-state index is 13.7.